The largest absolute Gasteiger partial charge is 0.356 e. The Morgan fingerprint density at radius 1 is 1.00 bits per heavy atom. The number of piperidine rings is 1. The molecule has 0 bridgehead atoms. The molecule has 2 fully saturated rings. The van der Waals surface area contributed by atoms with Gasteiger partial charge in [0.25, 0.3) is 0 Å². The molecule has 152 valence electrons. The van der Waals surface area contributed by atoms with Gasteiger partial charge in [-0.15, -0.1) is 5.10 Å². The fraction of sp³-hybridized carbons (Fsp3) is 0.364. The van der Waals surface area contributed by atoms with Crippen LogP contribution in [-0.4, -0.2) is 43.6 Å². The lowest BCUT2D eigenvalue weighted by Crippen LogP contribution is -2.34. The van der Waals surface area contributed by atoms with Gasteiger partial charge in [0.05, 0.1) is 11.0 Å². The number of nitrogens with one attached hydrogen (secondary N) is 2. The molecule has 1 aliphatic heterocycles. The van der Waals surface area contributed by atoms with Gasteiger partial charge in [-0.1, -0.05) is 18.2 Å². The van der Waals surface area contributed by atoms with Crippen LogP contribution in [0.15, 0.2) is 42.5 Å². The van der Waals surface area contributed by atoms with Crippen molar-refractivity contribution in [3.05, 3.63) is 48.3 Å². The van der Waals surface area contributed by atoms with Crippen molar-refractivity contribution >= 4 is 34.4 Å². The third-order valence-corrected chi connectivity index (χ3v) is 6.14. The van der Waals surface area contributed by atoms with E-state index in [9.17, 15) is 4.79 Å². The highest BCUT2D eigenvalue weighted by atomic mass is 16.2. The SMILES string of the molecule is O=C(Nc1nc2cccc(N3CCC(c4nc5ccccc5[nH]4)CC3)n2n1)C1CC1. The van der Waals surface area contributed by atoms with Crippen molar-refractivity contribution in [3.63, 3.8) is 0 Å². The van der Waals surface area contributed by atoms with E-state index in [1.807, 2.05) is 28.8 Å². The number of nitrogens with zero attached hydrogens (tertiary/aromatic N) is 5. The van der Waals surface area contributed by atoms with Crippen LogP contribution in [0.4, 0.5) is 11.8 Å². The van der Waals surface area contributed by atoms with E-state index in [1.165, 1.54) is 0 Å². The van der Waals surface area contributed by atoms with Crippen LogP contribution in [0.5, 0.6) is 0 Å². The maximum absolute atomic E-state index is 12.1. The molecule has 2 aliphatic rings. The number of aromatic nitrogens is 5. The number of rotatable bonds is 4. The van der Waals surface area contributed by atoms with Crippen LogP contribution in [0.1, 0.15) is 37.4 Å². The number of para-hydroxylation sites is 2. The number of aromatic amines is 1. The number of hydrogen-bond acceptors (Lipinski definition) is 5. The lowest BCUT2D eigenvalue weighted by Gasteiger charge is -2.32. The number of pyridine rings is 1. The molecule has 1 amide bonds. The Morgan fingerprint density at radius 3 is 2.63 bits per heavy atom. The second kappa shape index (κ2) is 6.83. The lowest BCUT2D eigenvalue weighted by molar-refractivity contribution is -0.117. The zero-order valence-corrected chi connectivity index (χ0v) is 16.6. The summed E-state index contributed by atoms with van der Waals surface area (Å²) in [4.78, 5) is 27.2. The Bertz CT molecular complexity index is 1200. The van der Waals surface area contributed by atoms with Crippen molar-refractivity contribution in [3.8, 4) is 0 Å². The smallest absolute Gasteiger partial charge is 0.249 e. The van der Waals surface area contributed by atoms with E-state index in [0.717, 1.165) is 67.1 Å². The van der Waals surface area contributed by atoms with Crippen LogP contribution in [0, 0.1) is 5.92 Å². The summed E-state index contributed by atoms with van der Waals surface area (Å²) in [7, 11) is 0. The first-order valence-corrected chi connectivity index (χ1v) is 10.6. The zero-order chi connectivity index (χ0) is 20.1. The van der Waals surface area contributed by atoms with Crippen LogP contribution < -0.4 is 10.2 Å². The third-order valence-electron chi connectivity index (χ3n) is 6.14. The first-order valence-electron chi connectivity index (χ1n) is 10.6. The second-order valence-corrected chi connectivity index (χ2v) is 8.25. The highest BCUT2D eigenvalue weighted by Gasteiger charge is 2.30. The molecule has 0 unspecified atom stereocenters. The third kappa shape index (κ3) is 3.08. The Morgan fingerprint density at radius 2 is 1.83 bits per heavy atom. The van der Waals surface area contributed by atoms with Crippen LogP contribution in [0.3, 0.4) is 0 Å². The van der Waals surface area contributed by atoms with Gasteiger partial charge in [0, 0.05) is 24.9 Å². The lowest BCUT2D eigenvalue weighted by atomic mass is 9.96. The van der Waals surface area contributed by atoms with E-state index in [1.54, 1.807) is 0 Å². The Hall–Kier alpha value is -3.42. The average molecular weight is 401 g/mol. The van der Waals surface area contributed by atoms with Gasteiger partial charge in [0.1, 0.15) is 11.6 Å². The summed E-state index contributed by atoms with van der Waals surface area (Å²) >= 11 is 0. The van der Waals surface area contributed by atoms with Crippen molar-refractivity contribution in [1.82, 2.24) is 24.6 Å². The summed E-state index contributed by atoms with van der Waals surface area (Å²) in [5.74, 6) is 3.07. The van der Waals surface area contributed by atoms with Crippen LogP contribution in [0.25, 0.3) is 16.7 Å². The number of carbonyl (C=O) groups is 1. The van der Waals surface area contributed by atoms with Gasteiger partial charge in [-0.2, -0.15) is 9.50 Å². The van der Waals surface area contributed by atoms with Gasteiger partial charge in [0.15, 0.2) is 5.65 Å². The number of imidazole rings is 1. The topological polar surface area (TPSA) is 91.2 Å². The van der Waals surface area contributed by atoms with E-state index in [0.29, 0.717) is 11.9 Å². The molecule has 4 heterocycles. The molecule has 0 spiro atoms. The number of anilines is 2. The monoisotopic (exact) mass is 401 g/mol. The van der Waals surface area contributed by atoms with Crippen LogP contribution in [-0.2, 0) is 4.79 Å². The van der Waals surface area contributed by atoms with E-state index in [2.05, 4.69) is 43.5 Å². The van der Waals surface area contributed by atoms with Crippen LogP contribution in [0.2, 0.25) is 0 Å². The maximum atomic E-state index is 12.1. The molecule has 0 radical (unpaired) electrons. The Labute approximate surface area is 173 Å². The van der Waals surface area contributed by atoms with Crippen molar-refractivity contribution in [1.29, 1.82) is 0 Å². The molecule has 30 heavy (non-hydrogen) atoms. The molecule has 6 rings (SSSR count). The number of H-pyrrole nitrogens is 1. The molecule has 4 aromatic rings. The predicted octanol–water partition coefficient (Wildman–Crippen LogP) is 3.34. The Balaban J connectivity index is 1.20. The van der Waals surface area contributed by atoms with Gasteiger partial charge >= 0.3 is 0 Å². The number of hydrogen-bond donors (Lipinski definition) is 2. The van der Waals surface area contributed by atoms with E-state index >= 15 is 0 Å². The van der Waals surface area contributed by atoms with Gasteiger partial charge in [0.2, 0.25) is 11.9 Å². The molecule has 1 saturated heterocycles. The summed E-state index contributed by atoms with van der Waals surface area (Å²) in [6, 6.07) is 14.2. The van der Waals surface area contributed by atoms with Crippen molar-refractivity contribution in [2.45, 2.75) is 31.6 Å². The number of amides is 1. The van der Waals surface area contributed by atoms with Crippen molar-refractivity contribution in [2.24, 2.45) is 5.92 Å². The van der Waals surface area contributed by atoms with E-state index in [-0.39, 0.29) is 11.8 Å². The first-order chi connectivity index (χ1) is 14.7. The number of fused-ring (bicyclic) bond motifs is 2. The summed E-state index contributed by atoms with van der Waals surface area (Å²) < 4.78 is 1.84. The molecule has 8 nitrogen and oxygen atoms in total. The average Bonchev–Trinajstić information content (AvgIpc) is 3.41. The van der Waals surface area contributed by atoms with E-state index < -0.39 is 0 Å². The minimum Gasteiger partial charge on any atom is -0.356 e. The van der Waals surface area contributed by atoms with Gasteiger partial charge in [-0.25, -0.2) is 4.98 Å². The van der Waals surface area contributed by atoms with Gasteiger partial charge in [-0.05, 0) is 49.9 Å². The fourth-order valence-corrected chi connectivity index (χ4v) is 4.29. The van der Waals surface area contributed by atoms with Gasteiger partial charge < -0.3 is 9.88 Å². The molecule has 2 N–H and O–H groups in total. The van der Waals surface area contributed by atoms with Crippen molar-refractivity contribution < 1.29 is 4.79 Å². The maximum Gasteiger partial charge on any atom is 0.249 e. The van der Waals surface area contributed by atoms with Gasteiger partial charge in [-0.3, -0.25) is 10.1 Å². The normalized spacial score (nSPS) is 17.7. The summed E-state index contributed by atoms with van der Waals surface area (Å²) in [6.45, 7) is 1.84. The molecule has 0 atom stereocenters. The quantitative estimate of drug-likeness (QED) is 0.547. The van der Waals surface area contributed by atoms with Crippen LogP contribution >= 0.6 is 0 Å². The molecule has 1 saturated carbocycles. The molecule has 1 aromatic carbocycles. The van der Waals surface area contributed by atoms with Crippen molar-refractivity contribution in [2.75, 3.05) is 23.3 Å². The molecule has 3 aromatic heterocycles. The van der Waals surface area contributed by atoms with E-state index in [4.69, 9.17) is 4.98 Å². The molecular weight excluding hydrogens is 378 g/mol. The Kier molecular flexibility index (Phi) is 3.97. The standard InChI is InChI=1S/C22H23N7O/c30-21(15-8-9-15)26-22-25-18-6-3-7-19(29(18)27-22)28-12-10-14(11-13-28)20-23-16-4-1-2-5-17(16)24-20/h1-7,14-15H,8-13H2,(H,23,24)(H,26,27,30). The molecule has 1 aliphatic carbocycles. The molecular formula is C22H23N7O. The highest BCUT2D eigenvalue weighted by molar-refractivity contribution is 5.92. The number of carbonyl (C=O) groups excluding carboxylic acids is 1. The minimum absolute atomic E-state index is 0.0269. The minimum atomic E-state index is 0.0269. The number of benzene rings is 1. The first kappa shape index (κ1) is 17.4. The zero-order valence-electron chi connectivity index (χ0n) is 16.6. The summed E-state index contributed by atoms with van der Waals surface area (Å²) in [5.41, 5.74) is 2.88. The molecule has 8 heteroatoms. The summed E-state index contributed by atoms with van der Waals surface area (Å²) in [5, 5.41) is 7.41. The summed E-state index contributed by atoms with van der Waals surface area (Å²) in [6.07, 6.45) is 3.97. The fourth-order valence-electron chi connectivity index (χ4n) is 4.29. The predicted molar refractivity (Wildman–Crippen MR) is 115 cm³/mol. The highest BCUT2D eigenvalue weighted by Crippen LogP contribution is 2.31. The second-order valence-electron chi connectivity index (χ2n) is 8.25.